The average Bonchev–Trinajstić information content (AvgIpc) is 2.50. The van der Waals surface area contributed by atoms with E-state index in [0.717, 1.165) is 17.3 Å². The monoisotopic (exact) mass is 199 g/mol. The summed E-state index contributed by atoms with van der Waals surface area (Å²) in [5, 5.41) is 9.51. The molecule has 4 heteroatoms. The maximum atomic E-state index is 5.51. The Bertz CT molecular complexity index is 247. The minimum atomic E-state index is 0.585. The van der Waals surface area contributed by atoms with Crippen LogP contribution >= 0.6 is 11.3 Å². The second kappa shape index (κ2) is 5.17. The first-order chi connectivity index (χ1) is 6.26. The highest BCUT2D eigenvalue weighted by molar-refractivity contribution is 7.15. The molecule has 0 spiro atoms. The number of nitrogens with two attached hydrogens (primary N) is 1. The summed E-state index contributed by atoms with van der Waals surface area (Å²) in [5.41, 5.74) is 5.51. The Labute approximate surface area is 83.4 Å². The SMILES string of the molecule is CCCC(CC)Cc1nnc(N)s1. The molecule has 13 heavy (non-hydrogen) atoms. The Balaban J connectivity index is 2.46. The van der Waals surface area contributed by atoms with Crippen molar-refractivity contribution in [3.8, 4) is 0 Å². The van der Waals surface area contributed by atoms with Crippen molar-refractivity contribution < 1.29 is 0 Å². The minimum absolute atomic E-state index is 0.585. The Morgan fingerprint density at radius 3 is 2.62 bits per heavy atom. The van der Waals surface area contributed by atoms with Gasteiger partial charge in [0.15, 0.2) is 0 Å². The first-order valence-electron chi connectivity index (χ1n) is 4.84. The summed E-state index contributed by atoms with van der Waals surface area (Å²) in [7, 11) is 0. The molecule has 0 fully saturated rings. The van der Waals surface area contributed by atoms with Crippen LogP contribution in [0.2, 0.25) is 0 Å². The van der Waals surface area contributed by atoms with Crippen molar-refractivity contribution in [1.29, 1.82) is 0 Å². The van der Waals surface area contributed by atoms with Crippen LogP contribution in [0.3, 0.4) is 0 Å². The van der Waals surface area contributed by atoms with Crippen molar-refractivity contribution in [2.75, 3.05) is 5.73 Å². The summed E-state index contributed by atoms with van der Waals surface area (Å²) in [6.45, 7) is 4.45. The highest BCUT2D eigenvalue weighted by Crippen LogP contribution is 2.20. The van der Waals surface area contributed by atoms with E-state index in [2.05, 4.69) is 24.0 Å². The highest BCUT2D eigenvalue weighted by atomic mass is 32.1. The lowest BCUT2D eigenvalue weighted by atomic mass is 9.98. The third-order valence-corrected chi connectivity index (χ3v) is 2.99. The fourth-order valence-corrected chi connectivity index (χ4v) is 2.18. The van der Waals surface area contributed by atoms with Crippen LogP contribution in [0.15, 0.2) is 0 Å². The summed E-state index contributed by atoms with van der Waals surface area (Å²) in [4.78, 5) is 0. The lowest BCUT2D eigenvalue weighted by Gasteiger charge is -2.10. The standard InChI is InChI=1S/C9H17N3S/c1-3-5-7(4-2)6-8-11-12-9(10)13-8/h7H,3-6H2,1-2H3,(H2,10,12). The van der Waals surface area contributed by atoms with E-state index in [4.69, 9.17) is 5.73 Å². The van der Waals surface area contributed by atoms with E-state index in [0.29, 0.717) is 5.13 Å². The molecule has 74 valence electrons. The molecule has 0 aliphatic heterocycles. The number of rotatable bonds is 5. The Kier molecular flexibility index (Phi) is 4.15. The molecule has 0 saturated carbocycles. The fourth-order valence-electron chi connectivity index (χ4n) is 1.45. The van der Waals surface area contributed by atoms with Gasteiger partial charge in [-0.2, -0.15) is 0 Å². The smallest absolute Gasteiger partial charge is 0.203 e. The van der Waals surface area contributed by atoms with Gasteiger partial charge in [-0.3, -0.25) is 0 Å². The van der Waals surface area contributed by atoms with Gasteiger partial charge in [-0.25, -0.2) is 0 Å². The Morgan fingerprint density at radius 2 is 2.15 bits per heavy atom. The van der Waals surface area contributed by atoms with Gasteiger partial charge in [0.05, 0.1) is 0 Å². The van der Waals surface area contributed by atoms with E-state index in [9.17, 15) is 0 Å². The molecule has 1 heterocycles. The van der Waals surface area contributed by atoms with Crippen LogP contribution in [0.4, 0.5) is 5.13 Å². The Hall–Kier alpha value is -0.640. The van der Waals surface area contributed by atoms with E-state index in [1.807, 2.05) is 0 Å². The van der Waals surface area contributed by atoms with Crippen LogP contribution < -0.4 is 5.73 Å². The van der Waals surface area contributed by atoms with Gasteiger partial charge in [-0.1, -0.05) is 44.4 Å². The predicted molar refractivity (Wildman–Crippen MR) is 56.7 cm³/mol. The van der Waals surface area contributed by atoms with Crippen LogP contribution in [0.1, 0.15) is 38.1 Å². The van der Waals surface area contributed by atoms with Gasteiger partial charge in [-0.05, 0) is 5.92 Å². The van der Waals surface area contributed by atoms with Gasteiger partial charge in [-0.15, -0.1) is 10.2 Å². The highest BCUT2D eigenvalue weighted by Gasteiger charge is 2.09. The zero-order chi connectivity index (χ0) is 9.68. The van der Waals surface area contributed by atoms with E-state index in [-0.39, 0.29) is 0 Å². The minimum Gasteiger partial charge on any atom is -0.374 e. The molecule has 1 unspecified atom stereocenters. The van der Waals surface area contributed by atoms with Gasteiger partial charge in [0.1, 0.15) is 5.01 Å². The normalized spacial score (nSPS) is 13.1. The third kappa shape index (κ3) is 3.30. The quantitative estimate of drug-likeness (QED) is 0.792. The first-order valence-corrected chi connectivity index (χ1v) is 5.65. The molecular weight excluding hydrogens is 182 g/mol. The molecule has 2 N–H and O–H groups in total. The van der Waals surface area contributed by atoms with Crippen molar-refractivity contribution in [3.05, 3.63) is 5.01 Å². The number of nitrogen functional groups attached to an aromatic ring is 1. The van der Waals surface area contributed by atoms with Crippen LogP contribution in [0, 0.1) is 5.92 Å². The summed E-state index contributed by atoms with van der Waals surface area (Å²) in [6, 6.07) is 0. The van der Waals surface area contributed by atoms with Crippen molar-refractivity contribution >= 4 is 16.5 Å². The number of anilines is 1. The largest absolute Gasteiger partial charge is 0.374 e. The topological polar surface area (TPSA) is 51.8 Å². The number of hydrogen-bond donors (Lipinski definition) is 1. The van der Waals surface area contributed by atoms with Crippen molar-refractivity contribution in [3.63, 3.8) is 0 Å². The molecule has 0 bridgehead atoms. The van der Waals surface area contributed by atoms with Gasteiger partial charge >= 0.3 is 0 Å². The molecular formula is C9H17N3S. The summed E-state index contributed by atoms with van der Waals surface area (Å²) in [5.74, 6) is 0.748. The molecule has 3 nitrogen and oxygen atoms in total. The van der Waals surface area contributed by atoms with Crippen LogP contribution in [-0.2, 0) is 6.42 Å². The molecule has 0 amide bonds. The molecule has 1 aromatic heterocycles. The fraction of sp³-hybridized carbons (Fsp3) is 0.778. The van der Waals surface area contributed by atoms with Crippen molar-refractivity contribution in [2.45, 2.75) is 39.5 Å². The number of hydrogen-bond acceptors (Lipinski definition) is 4. The van der Waals surface area contributed by atoms with Gasteiger partial charge in [0, 0.05) is 6.42 Å². The first kappa shape index (κ1) is 10.4. The maximum absolute atomic E-state index is 5.51. The molecule has 1 rings (SSSR count). The molecule has 0 aliphatic rings. The van der Waals surface area contributed by atoms with E-state index >= 15 is 0 Å². The Morgan fingerprint density at radius 1 is 1.38 bits per heavy atom. The zero-order valence-electron chi connectivity index (χ0n) is 8.29. The van der Waals surface area contributed by atoms with Gasteiger partial charge < -0.3 is 5.73 Å². The second-order valence-electron chi connectivity index (χ2n) is 3.30. The summed E-state index contributed by atoms with van der Waals surface area (Å²) < 4.78 is 0. The zero-order valence-corrected chi connectivity index (χ0v) is 9.10. The predicted octanol–water partition coefficient (Wildman–Crippen LogP) is 2.49. The number of nitrogens with zero attached hydrogens (tertiary/aromatic N) is 2. The van der Waals surface area contributed by atoms with E-state index in [1.165, 1.54) is 30.6 Å². The maximum Gasteiger partial charge on any atom is 0.203 e. The number of aromatic nitrogens is 2. The third-order valence-electron chi connectivity index (χ3n) is 2.22. The molecule has 0 radical (unpaired) electrons. The molecule has 0 aromatic carbocycles. The molecule has 1 atom stereocenters. The lowest BCUT2D eigenvalue weighted by molar-refractivity contribution is 0.460. The van der Waals surface area contributed by atoms with Crippen LogP contribution in [-0.4, -0.2) is 10.2 Å². The summed E-state index contributed by atoms with van der Waals surface area (Å²) in [6.07, 6.45) is 4.77. The van der Waals surface area contributed by atoms with E-state index < -0.39 is 0 Å². The van der Waals surface area contributed by atoms with Crippen LogP contribution in [0.25, 0.3) is 0 Å². The van der Waals surface area contributed by atoms with Gasteiger partial charge in [0.2, 0.25) is 5.13 Å². The summed E-state index contributed by atoms with van der Waals surface area (Å²) >= 11 is 1.51. The van der Waals surface area contributed by atoms with E-state index in [1.54, 1.807) is 0 Å². The molecule has 0 saturated heterocycles. The van der Waals surface area contributed by atoms with Crippen molar-refractivity contribution in [1.82, 2.24) is 10.2 Å². The molecule has 1 aromatic rings. The van der Waals surface area contributed by atoms with Crippen LogP contribution in [0.5, 0.6) is 0 Å². The average molecular weight is 199 g/mol. The second-order valence-corrected chi connectivity index (χ2v) is 4.39. The van der Waals surface area contributed by atoms with Crippen molar-refractivity contribution in [2.24, 2.45) is 5.92 Å². The van der Waals surface area contributed by atoms with Gasteiger partial charge in [0.25, 0.3) is 0 Å². The molecule has 0 aliphatic carbocycles. The lowest BCUT2D eigenvalue weighted by Crippen LogP contribution is -2.02.